The summed E-state index contributed by atoms with van der Waals surface area (Å²) in [5, 5.41) is 15.4. The molecule has 0 saturated heterocycles. The van der Waals surface area contributed by atoms with Gasteiger partial charge in [-0.15, -0.1) is 0 Å². The molecular weight excluding hydrogens is 298 g/mol. The van der Waals surface area contributed by atoms with E-state index in [0.717, 1.165) is 0 Å². The number of anilines is 1. The molecule has 1 aromatic heterocycles. The van der Waals surface area contributed by atoms with Crippen molar-refractivity contribution in [1.82, 2.24) is 10.1 Å². The number of aryl methyl sites for hydroxylation is 2. The second kappa shape index (κ2) is 6.36. The average Bonchev–Trinajstić information content (AvgIpc) is 2.81. The average molecular weight is 310 g/mol. The summed E-state index contributed by atoms with van der Waals surface area (Å²) in [6, 6.07) is 4.12. The highest BCUT2D eigenvalue weighted by Crippen LogP contribution is 2.19. The van der Waals surface area contributed by atoms with Crippen LogP contribution in [0.15, 0.2) is 22.7 Å². The Balaban J connectivity index is 1.97. The van der Waals surface area contributed by atoms with Gasteiger partial charge in [0.25, 0.3) is 0 Å². The summed E-state index contributed by atoms with van der Waals surface area (Å²) in [6.45, 7) is 1.69. The van der Waals surface area contributed by atoms with Gasteiger partial charge >= 0.3 is 5.97 Å². The minimum Gasteiger partial charge on any atom is -0.478 e. The number of carboxylic acids is 1. The van der Waals surface area contributed by atoms with Gasteiger partial charge in [0.2, 0.25) is 11.8 Å². The van der Waals surface area contributed by atoms with Crippen LogP contribution in [-0.4, -0.2) is 27.1 Å². The molecule has 1 heterocycles. The van der Waals surface area contributed by atoms with Crippen LogP contribution in [0, 0.1) is 6.92 Å². The second-order valence-corrected chi connectivity index (χ2v) is 4.75. The standard InChI is InChI=1S/C13H12ClN3O4/c1-7-15-12(21-17-7)3-2-11(18)16-10-5-8(13(19)20)4-9(14)6-10/h4-6H,2-3H2,1H3,(H,16,18)(H,19,20). The quantitative estimate of drug-likeness (QED) is 0.878. The molecule has 110 valence electrons. The van der Waals surface area contributed by atoms with E-state index in [1.54, 1.807) is 6.92 Å². The number of halogens is 1. The van der Waals surface area contributed by atoms with Gasteiger partial charge in [0.1, 0.15) is 0 Å². The van der Waals surface area contributed by atoms with Crippen molar-refractivity contribution >= 4 is 29.2 Å². The fourth-order valence-corrected chi connectivity index (χ4v) is 1.91. The number of rotatable bonds is 5. The number of nitrogens with one attached hydrogen (secondary N) is 1. The second-order valence-electron chi connectivity index (χ2n) is 4.32. The van der Waals surface area contributed by atoms with Crippen molar-refractivity contribution in [2.24, 2.45) is 0 Å². The molecule has 8 heteroatoms. The molecule has 0 aliphatic heterocycles. The third-order valence-electron chi connectivity index (χ3n) is 2.56. The summed E-state index contributed by atoms with van der Waals surface area (Å²) in [7, 11) is 0. The first-order valence-electron chi connectivity index (χ1n) is 6.07. The molecule has 0 saturated carbocycles. The maximum Gasteiger partial charge on any atom is 0.335 e. The zero-order valence-corrected chi connectivity index (χ0v) is 11.8. The highest BCUT2D eigenvalue weighted by atomic mass is 35.5. The Morgan fingerprint density at radius 1 is 1.38 bits per heavy atom. The number of benzene rings is 1. The molecule has 1 aromatic carbocycles. The van der Waals surface area contributed by atoms with Crippen LogP contribution >= 0.6 is 11.6 Å². The van der Waals surface area contributed by atoms with Crippen molar-refractivity contribution in [3.05, 3.63) is 40.5 Å². The largest absolute Gasteiger partial charge is 0.478 e. The number of hydrogen-bond donors (Lipinski definition) is 2. The lowest BCUT2D eigenvalue weighted by atomic mass is 10.2. The first kappa shape index (κ1) is 15.0. The van der Waals surface area contributed by atoms with Crippen molar-refractivity contribution in [2.75, 3.05) is 5.32 Å². The zero-order chi connectivity index (χ0) is 15.4. The van der Waals surface area contributed by atoms with Crippen LogP contribution in [-0.2, 0) is 11.2 Å². The Kier molecular flexibility index (Phi) is 4.54. The van der Waals surface area contributed by atoms with E-state index >= 15 is 0 Å². The first-order valence-corrected chi connectivity index (χ1v) is 6.45. The molecule has 2 N–H and O–H groups in total. The van der Waals surface area contributed by atoms with Crippen LogP contribution < -0.4 is 5.32 Å². The van der Waals surface area contributed by atoms with Gasteiger partial charge in [-0.25, -0.2) is 4.79 Å². The molecule has 0 fully saturated rings. The van der Waals surface area contributed by atoms with E-state index in [-0.39, 0.29) is 22.9 Å². The molecule has 2 aromatic rings. The Morgan fingerprint density at radius 3 is 2.76 bits per heavy atom. The Hall–Kier alpha value is -2.41. The van der Waals surface area contributed by atoms with Crippen molar-refractivity contribution in [1.29, 1.82) is 0 Å². The van der Waals surface area contributed by atoms with E-state index in [2.05, 4.69) is 15.5 Å². The minimum absolute atomic E-state index is 0.00493. The summed E-state index contributed by atoms with van der Waals surface area (Å²) in [6.07, 6.45) is 0.440. The molecule has 0 aliphatic rings. The van der Waals surface area contributed by atoms with E-state index in [1.165, 1.54) is 18.2 Å². The molecule has 0 unspecified atom stereocenters. The van der Waals surface area contributed by atoms with Crippen molar-refractivity contribution in [2.45, 2.75) is 19.8 Å². The van der Waals surface area contributed by atoms with Crippen molar-refractivity contribution < 1.29 is 19.2 Å². The van der Waals surface area contributed by atoms with Crippen LogP contribution in [0.3, 0.4) is 0 Å². The molecule has 2 rings (SSSR count). The molecule has 0 aliphatic carbocycles. The smallest absolute Gasteiger partial charge is 0.335 e. The number of carbonyl (C=O) groups excluding carboxylic acids is 1. The van der Waals surface area contributed by atoms with Gasteiger partial charge in [-0.05, 0) is 25.1 Å². The zero-order valence-electron chi connectivity index (χ0n) is 11.1. The number of amides is 1. The van der Waals surface area contributed by atoms with Gasteiger partial charge in [0, 0.05) is 23.6 Å². The first-order chi connectivity index (χ1) is 9.94. The molecule has 0 radical (unpaired) electrons. The van der Waals surface area contributed by atoms with Crippen molar-refractivity contribution in [3.8, 4) is 0 Å². The summed E-state index contributed by atoms with van der Waals surface area (Å²) in [5.41, 5.74) is 0.330. The molecule has 0 atom stereocenters. The van der Waals surface area contributed by atoms with Gasteiger partial charge in [-0.3, -0.25) is 4.79 Å². The predicted octanol–water partition coefficient (Wildman–Crippen LogP) is 2.30. The van der Waals surface area contributed by atoms with E-state index in [9.17, 15) is 9.59 Å². The molecule has 0 spiro atoms. The third-order valence-corrected chi connectivity index (χ3v) is 2.78. The molecule has 1 amide bonds. The van der Waals surface area contributed by atoms with Gasteiger partial charge < -0.3 is 14.9 Å². The van der Waals surface area contributed by atoms with E-state index in [4.69, 9.17) is 21.2 Å². The van der Waals surface area contributed by atoms with Gasteiger partial charge in [0.15, 0.2) is 5.82 Å². The SMILES string of the molecule is Cc1noc(CCC(=O)Nc2cc(Cl)cc(C(=O)O)c2)n1. The van der Waals surface area contributed by atoms with Crippen LogP contribution in [0.4, 0.5) is 5.69 Å². The fraction of sp³-hybridized carbons (Fsp3) is 0.231. The summed E-state index contributed by atoms with van der Waals surface area (Å²) in [5.74, 6) is -0.537. The number of aromatic nitrogens is 2. The molecule has 21 heavy (non-hydrogen) atoms. The Morgan fingerprint density at radius 2 is 2.14 bits per heavy atom. The summed E-state index contributed by atoms with van der Waals surface area (Å²) < 4.78 is 4.89. The lowest BCUT2D eigenvalue weighted by Crippen LogP contribution is -2.13. The Bertz CT molecular complexity index is 684. The monoisotopic (exact) mass is 309 g/mol. The van der Waals surface area contributed by atoms with Crippen LogP contribution in [0.2, 0.25) is 5.02 Å². The highest BCUT2D eigenvalue weighted by molar-refractivity contribution is 6.31. The number of nitrogens with zero attached hydrogens (tertiary/aromatic N) is 2. The summed E-state index contributed by atoms with van der Waals surface area (Å²) in [4.78, 5) is 26.7. The topological polar surface area (TPSA) is 105 Å². The lowest BCUT2D eigenvalue weighted by molar-refractivity contribution is -0.116. The van der Waals surface area contributed by atoms with E-state index < -0.39 is 5.97 Å². The maximum absolute atomic E-state index is 11.8. The molecule has 7 nitrogen and oxygen atoms in total. The Labute approximate surface area is 124 Å². The van der Waals surface area contributed by atoms with Crippen molar-refractivity contribution in [3.63, 3.8) is 0 Å². The maximum atomic E-state index is 11.8. The molecule has 0 bridgehead atoms. The number of aromatic carboxylic acids is 1. The lowest BCUT2D eigenvalue weighted by Gasteiger charge is -2.06. The predicted molar refractivity (Wildman–Crippen MR) is 74.4 cm³/mol. The fourth-order valence-electron chi connectivity index (χ4n) is 1.67. The van der Waals surface area contributed by atoms with Gasteiger partial charge in [-0.2, -0.15) is 4.98 Å². The summed E-state index contributed by atoms with van der Waals surface area (Å²) >= 11 is 5.81. The number of hydrogen-bond acceptors (Lipinski definition) is 5. The van der Waals surface area contributed by atoms with Crippen LogP contribution in [0.5, 0.6) is 0 Å². The van der Waals surface area contributed by atoms with Crippen LogP contribution in [0.25, 0.3) is 0 Å². The normalized spacial score (nSPS) is 10.4. The number of carboxylic acid groups (broad SMARTS) is 1. The third kappa shape index (κ3) is 4.28. The van der Waals surface area contributed by atoms with E-state index in [0.29, 0.717) is 23.8 Å². The van der Waals surface area contributed by atoms with Crippen LogP contribution in [0.1, 0.15) is 28.5 Å². The molecular formula is C13H12ClN3O4. The van der Waals surface area contributed by atoms with Gasteiger partial charge in [-0.1, -0.05) is 16.8 Å². The minimum atomic E-state index is -1.12. The van der Waals surface area contributed by atoms with E-state index in [1.807, 2.05) is 0 Å². The highest BCUT2D eigenvalue weighted by Gasteiger charge is 2.10. The number of carbonyl (C=O) groups is 2. The van der Waals surface area contributed by atoms with Gasteiger partial charge in [0.05, 0.1) is 5.56 Å².